The van der Waals surface area contributed by atoms with E-state index in [1.54, 1.807) is 6.08 Å². The Labute approximate surface area is 167 Å². The van der Waals surface area contributed by atoms with Crippen molar-refractivity contribution >= 4 is 29.0 Å². The van der Waals surface area contributed by atoms with E-state index in [1.165, 1.54) is 4.90 Å². The lowest BCUT2D eigenvalue weighted by Crippen LogP contribution is -2.29. The number of thioether (sulfide) groups is 1. The van der Waals surface area contributed by atoms with E-state index in [4.69, 9.17) is 0 Å². The summed E-state index contributed by atoms with van der Waals surface area (Å²) in [6, 6.07) is 3.84. The number of carbonyl (C=O) groups is 2. The molecule has 1 aliphatic heterocycles. The van der Waals surface area contributed by atoms with Gasteiger partial charge in [-0.3, -0.25) is 14.5 Å². The molecule has 1 saturated heterocycles. The first-order valence-electron chi connectivity index (χ1n) is 9.49. The fourth-order valence-electron chi connectivity index (χ4n) is 3.04. The summed E-state index contributed by atoms with van der Waals surface area (Å²) in [5.74, 6) is 0.0874. The van der Waals surface area contributed by atoms with Crippen molar-refractivity contribution in [2.24, 2.45) is 0 Å². The molecule has 1 aliphatic rings. The number of benzene rings is 1. The zero-order valence-corrected chi connectivity index (χ0v) is 18.3. The number of unbranched alkanes of at least 4 members (excludes halogenated alkanes) is 1. The lowest BCUT2D eigenvalue weighted by molar-refractivity contribution is -0.122. The van der Waals surface area contributed by atoms with E-state index < -0.39 is 0 Å². The summed E-state index contributed by atoms with van der Waals surface area (Å²) in [6.07, 6.45) is 3.52. The second kappa shape index (κ2) is 7.70. The highest BCUT2D eigenvalue weighted by Crippen LogP contribution is 2.41. The molecule has 0 spiro atoms. The maximum absolute atomic E-state index is 12.6. The molecular weight excluding hydrogens is 358 g/mol. The number of amides is 2. The average Bonchev–Trinajstić information content (AvgIpc) is 2.78. The zero-order valence-electron chi connectivity index (χ0n) is 17.5. The fraction of sp³-hybridized carbons (Fsp3) is 0.545. The predicted octanol–water partition coefficient (Wildman–Crippen LogP) is 5.82. The third-order valence-corrected chi connectivity index (χ3v) is 5.56. The van der Waals surface area contributed by atoms with E-state index in [-0.39, 0.29) is 22.0 Å². The smallest absolute Gasteiger partial charge is 0.293 e. The van der Waals surface area contributed by atoms with E-state index in [9.17, 15) is 14.7 Å². The minimum absolute atomic E-state index is 0.203. The summed E-state index contributed by atoms with van der Waals surface area (Å²) in [4.78, 5) is 26.6. The molecule has 148 valence electrons. The van der Waals surface area contributed by atoms with Crippen molar-refractivity contribution in [3.8, 4) is 5.75 Å². The van der Waals surface area contributed by atoms with Crippen molar-refractivity contribution in [3.05, 3.63) is 33.7 Å². The minimum Gasteiger partial charge on any atom is -0.507 e. The SMILES string of the molecule is CCCCN1C(=O)S/C(=C\c2cc(C(C)(C)C)c(O)c(C(C)(C)C)c2)C1=O. The van der Waals surface area contributed by atoms with Crippen LogP contribution in [0.2, 0.25) is 0 Å². The van der Waals surface area contributed by atoms with Crippen molar-refractivity contribution in [3.63, 3.8) is 0 Å². The van der Waals surface area contributed by atoms with Gasteiger partial charge in [0.1, 0.15) is 5.75 Å². The Kier molecular flexibility index (Phi) is 6.15. The van der Waals surface area contributed by atoms with Crippen molar-refractivity contribution in [2.75, 3.05) is 6.54 Å². The molecule has 4 nitrogen and oxygen atoms in total. The van der Waals surface area contributed by atoms with Gasteiger partial charge in [-0.05, 0) is 52.8 Å². The Morgan fingerprint density at radius 3 is 2.00 bits per heavy atom. The van der Waals surface area contributed by atoms with Gasteiger partial charge >= 0.3 is 0 Å². The topological polar surface area (TPSA) is 57.6 Å². The minimum atomic E-state index is -0.242. The van der Waals surface area contributed by atoms with Crippen molar-refractivity contribution < 1.29 is 14.7 Å². The number of aromatic hydroxyl groups is 1. The molecule has 0 atom stereocenters. The number of hydrogen-bond acceptors (Lipinski definition) is 4. The van der Waals surface area contributed by atoms with Gasteiger partial charge in [-0.15, -0.1) is 0 Å². The molecule has 0 radical (unpaired) electrons. The predicted molar refractivity (Wildman–Crippen MR) is 113 cm³/mol. The van der Waals surface area contributed by atoms with Crippen LogP contribution in [0.3, 0.4) is 0 Å². The Balaban J connectivity index is 2.52. The first-order chi connectivity index (χ1) is 12.4. The lowest BCUT2D eigenvalue weighted by Gasteiger charge is -2.28. The number of phenolic OH excluding ortho intramolecular Hbond substituents is 1. The molecule has 0 bridgehead atoms. The van der Waals surface area contributed by atoms with Gasteiger partial charge in [-0.1, -0.05) is 54.9 Å². The molecule has 1 fully saturated rings. The first-order valence-corrected chi connectivity index (χ1v) is 10.3. The van der Waals surface area contributed by atoms with E-state index in [2.05, 4.69) is 41.5 Å². The van der Waals surface area contributed by atoms with Crippen LogP contribution in [-0.2, 0) is 15.6 Å². The molecule has 0 saturated carbocycles. The molecule has 0 aliphatic carbocycles. The van der Waals surface area contributed by atoms with Crippen LogP contribution in [0.25, 0.3) is 6.08 Å². The van der Waals surface area contributed by atoms with E-state index in [1.807, 2.05) is 19.1 Å². The molecular formula is C22H31NO3S. The van der Waals surface area contributed by atoms with Crippen LogP contribution in [0, 0.1) is 0 Å². The van der Waals surface area contributed by atoms with Gasteiger partial charge in [0.25, 0.3) is 11.1 Å². The quantitative estimate of drug-likeness (QED) is 0.659. The number of hydrogen-bond donors (Lipinski definition) is 1. The number of phenols is 1. The average molecular weight is 390 g/mol. The molecule has 5 heteroatoms. The third-order valence-electron chi connectivity index (χ3n) is 4.65. The van der Waals surface area contributed by atoms with Gasteiger partial charge in [0, 0.05) is 17.7 Å². The largest absolute Gasteiger partial charge is 0.507 e. The van der Waals surface area contributed by atoms with Gasteiger partial charge < -0.3 is 5.11 Å². The second-order valence-electron chi connectivity index (χ2n) is 9.15. The highest BCUT2D eigenvalue weighted by atomic mass is 32.2. The van der Waals surface area contributed by atoms with Gasteiger partial charge in [-0.25, -0.2) is 0 Å². The number of imide groups is 1. The molecule has 2 amide bonds. The van der Waals surface area contributed by atoms with Crippen LogP contribution < -0.4 is 0 Å². The summed E-state index contributed by atoms with van der Waals surface area (Å²) >= 11 is 0.994. The summed E-state index contributed by atoms with van der Waals surface area (Å²) < 4.78 is 0. The summed E-state index contributed by atoms with van der Waals surface area (Å²) in [5, 5.41) is 10.6. The van der Waals surface area contributed by atoms with Crippen LogP contribution in [-0.4, -0.2) is 27.7 Å². The van der Waals surface area contributed by atoms with Crippen LogP contribution in [0.1, 0.15) is 78.0 Å². The first kappa shape index (κ1) is 21.5. The normalized spacial score (nSPS) is 17.3. The summed E-state index contributed by atoms with van der Waals surface area (Å²) in [6.45, 7) is 14.8. The number of carbonyl (C=O) groups excluding carboxylic acids is 2. The second-order valence-corrected chi connectivity index (χ2v) is 10.1. The van der Waals surface area contributed by atoms with Crippen molar-refractivity contribution in [1.29, 1.82) is 0 Å². The molecule has 0 unspecified atom stereocenters. The van der Waals surface area contributed by atoms with Crippen LogP contribution >= 0.6 is 11.8 Å². The Morgan fingerprint density at radius 2 is 1.56 bits per heavy atom. The summed E-state index contributed by atoms with van der Waals surface area (Å²) in [5.41, 5.74) is 2.03. The lowest BCUT2D eigenvalue weighted by atomic mass is 9.78. The highest BCUT2D eigenvalue weighted by Gasteiger charge is 2.35. The molecule has 1 heterocycles. The number of nitrogens with zero attached hydrogens (tertiary/aromatic N) is 1. The van der Waals surface area contributed by atoms with Gasteiger partial charge in [0.05, 0.1) is 4.91 Å². The highest BCUT2D eigenvalue weighted by molar-refractivity contribution is 8.18. The van der Waals surface area contributed by atoms with Gasteiger partial charge in [0.15, 0.2) is 0 Å². The standard InChI is InChI=1S/C22H31NO3S/c1-8-9-10-23-19(25)17(27-20(23)26)13-14-11-15(21(2,3)4)18(24)16(12-14)22(5,6)7/h11-13,24H,8-10H2,1-7H3/b17-13-. The molecule has 2 rings (SSSR count). The van der Waals surface area contributed by atoms with Crippen molar-refractivity contribution in [1.82, 2.24) is 4.90 Å². The fourth-order valence-corrected chi connectivity index (χ4v) is 3.91. The molecule has 27 heavy (non-hydrogen) atoms. The maximum atomic E-state index is 12.6. The number of rotatable bonds is 4. The Hall–Kier alpha value is -1.75. The molecule has 1 aromatic carbocycles. The van der Waals surface area contributed by atoms with Gasteiger partial charge in [0.2, 0.25) is 0 Å². The zero-order chi connectivity index (χ0) is 20.6. The van der Waals surface area contributed by atoms with Crippen LogP contribution in [0.15, 0.2) is 17.0 Å². The Morgan fingerprint density at radius 1 is 1.04 bits per heavy atom. The van der Waals surface area contributed by atoms with Crippen LogP contribution in [0.5, 0.6) is 5.75 Å². The summed E-state index contributed by atoms with van der Waals surface area (Å²) in [7, 11) is 0. The van der Waals surface area contributed by atoms with E-state index in [0.717, 1.165) is 41.3 Å². The van der Waals surface area contributed by atoms with Crippen LogP contribution in [0.4, 0.5) is 4.79 Å². The van der Waals surface area contributed by atoms with E-state index >= 15 is 0 Å². The molecule has 0 aromatic heterocycles. The monoisotopic (exact) mass is 389 g/mol. The Bertz CT molecular complexity index is 747. The molecule has 1 aromatic rings. The van der Waals surface area contributed by atoms with E-state index in [0.29, 0.717) is 17.2 Å². The van der Waals surface area contributed by atoms with Gasteiger partial charge in [-0.2, -0.15) is 0 Å². The molecule has 1 N–H and O–H groups in total. The maximum Gasteiger partial charge on any atom is 0.293 e. The third kappa shape index (κ3) is 4.75. The van der Waals surface area contributed by atoms with Crippen molar-refractivity contribution in [2.45, 2.75) is 72.1 Å².